The molecule has 2 atom stereocenters. The highest BCUT2D eigenvalue weighted by Gasteiger charge is 2.32. The van der Waals surface area contributed by atoms with Crippen LogP contribution in [0.5, 0.6) is 5.75 Å². The maximum Gasteiger partial charge on any atom is 0.260 e. The standard InChI is InChI=1S/C26H34FN3O3/c1-5-28(6-2)24-12-9-22(17-31)25(13-24)33-18-26(32)30-15-19(3)29(14-20(30)4)16-21-7-10-23(27)11-8-21/h7-13,17,19-20H,5-6,14-16,18H2,1-4H3/t19-,20+/m1/s1. The van der Waals surface area contributed by atoms with E-state index in [1.165, 1.54) is 12.1 Å². The van der Waals surface area contributed by atoms with Gasteiger partial charge in [-0.05, 0) is 57.5 Å². The molecule has 1 fully saturated rings. The zero-order valence-corrected chi connectivity index (χ0v) is 20.0. The maximum atomic E-state index is 13.2. The van der Waals surface area contributed by atoms with Gasteiger partial charge in [0.1, 0.15) is 11.6 Å². The van der Waals surface area contributed by atoms with E-state index in [2.05, 4.69) is 30.6 Å². The van der Waals surface area contributed by atoms with Crippen molar-refractivity contribution in [2.45, 2.75) is 46.3 Å². The monoisotopic (exact) mass is 455 g/mol. The van der Waals surface area contributed by atoms with Crippen LogP contribution in [0, 0.1) is 5.82 Å². The molecule has 0 spiro atoms. The number of benzene rings is 2. The minimum Gasteiger partial charge on any atom is -0.483 e. The number of aldehydes is 1. The fourth-order valence-corrected chi connectivity index (χ4v) is 4.34. The molecule has 1 aliphatic rings. The van der Waals surface area contributed by atoms with Crippen molar-refractivity contribution >= 4 is 17.9 Å². The predicted molar refractivity (Wildman–Crippen MR) is 128 cm³/mol. The number of carbonyl (C=O) groups is 2. The van der Waals surface area contributed by atoms with Crippen LogP contribution in [0.3, 0.4) is 0 Å². The highest BCUT2D eigenvalue weighted by atomic mass is 19.1. The van der Waals surface area contributed by atoms with Crippen LogP contribution >= 0.6 is 0 Å². The van der Waals surface area contributed by atoms with Crippen LogP contribution < -0.4 is 9.64 Å². The molecule has 0 unspecified atom stereocenters. The van der Waals surface area contributed by atoms with Crippen LogP contribution in [0.15, 0.2) is 42.5 Å². The van der Waals surface area contributed by atoms with Crippen LogP contribution in [-0.4, -0.2) is 66.9 Å². The van der Waals surface area contributed by atoms with E-state index in [9.17, 15) is 14.0 Å². The van der Waals surface area contributed by atoms with Crippen molar-refractivity contribution in [3.63, 3.8) is 0 Å². The van der Waals surface area contributed by atoms with E-state index in [4.69, 9.17) is 4.74 Å². The summed E-state index contributed by atoms with van der Waals surface area (Å²) >= 11 is 0. The summed E-state index contributed by atoms with van der Waals surface area (Å²) in [6.07, 6.45) is 0.755. The number of nitrogens with zero attached hydrogens (tertiary/aromatic N) is 3. The van der Waals surface area contributed by atoms with Gasteiger partial charge in [0.15, 0.2) is 12.9 Å². The molecule has 0 N–H and O–H groups in total. The second-order valence-corrected chi connectivity index (χ2v) is 8.60. The van der Waals surface area contributed by atoms with Crippen LogP contribution in [0.25, 0.3) is 0 Å². The highest BCUT2D eigenvalue weighted by Crippen LogP contribution is 2.25. The fourth-order valence-electron chi connectivity index (χ4n) is 4.34. The second-order valence-electron chi connectivity index (χ2n) is 8.60. The molecule has 3 rings (SSSR count). The Morgan fingerprint density at radius 2 is 1.79 bits per heavy atom. The molecule has 0 radical (unpaired) electrons. The van der Waals surface area contributed by atoms with Gasteiger partial charge in [-0.2, -0.15) is 0 Å². The van der Waals surface area contributed by atoms with E-state index < -0.39 is 0 Å². The summed E-state index contributed by atoms with van der Waals surface area (Å²) in [6, 6.07) is 12.2. The Bertz CT molecular complexity index is 946. The summed E-state index contributed by atoms with van der Waals surface area (Å²) in [7, 11) is 0. The summed E-state index contributed by atoms with van der Waals surface area (Å²) < 4.78 is 19.0. The molecule has 33 heavy (non-hydrogen) atoms. The first kappa shape index (κ1) is 24.7. The molecule has 1 aliphatic heterocycles. The Hall–Kier alpha value is -2.93. The molecule has 7 heteroatoms. The van der Waals surface area contributed by atoms with Gasteiger partial charge < -0.3 is 14.5 Å². The predicted octanol–water partition coefficient (Wildman–Crippen LogP) is 3.98. The van der Waals surface area contributed by atoms with Crippen LogP contribution in [0.4, 0.5) is 10.1 Å². The van der Waals surface area contributed by atoms with Gasteiger partial charge in [0.05, 0.1) is 5.56 Å². The third kappa shape index (κ3) is 6.11. The van der Waals surface area contributed by atoms with Crippen molar-refractivity contribution in [3.05, 3.63) is 59.4 Å². The molecular formula is C26H34FN3O3. The Labute approximate surface area is 195 Å². The molecular weight excluding hydrogens is 421 g/mol. The van der Waals surface area contributed by atoms with Gasteiger partial charge in [-0.3, -0.25) is 14.5 Å². The van der Waals surface area contributed by atoms with Gasteiger partial charge in [-0.15, -0.1) is 0 Å². The first-order valence-corrected chi connectivity index (χ1v) is 11.6. The van der Waals surface area contributed by atoms with E-state index >= 15 is 0 Å². The van der Waals surface area contributed by atoms with E-state index in [0.29, 0.717) is 24.4 Å². The molecule has 1 heterocycles. The lowest BCUT2D eigenvalue weighted by Gasteiger charge is -2.44. The zero-order chi connectivity index (χ0) is 24.0. The number of ether oxygens (including phenoxy) is 1. The Morgan fingerprint density at radius 1 is 1.09 bits per heavy atom. The van der Waals surface area contributed by atoms with E-state index in [1.54, 1.807) is 18.2 Å². The Balaban J connectivity index is 1.62. The first-order valence-electron chi connectivity index (χ1n) is 11.6. The minimum absolute atomic E-state index is 0.0188. The van der Waals surface area contributed by atoms with Crippen molar-refractivity contribution in [3.8, 4) is 5.75 Å². The zero-order valence-electron chi connectivity index (χ0n) is 20.0. The number of rotatable bonds is 9. The van der Waals surface area contributed by atoms with Gasteiger partial charge in [-0.25, -0.2) is 4.39 Å². The summed E-state index contributed by atoms with van der Waals surface area (Å²) in [4.78, 5) is 30.8. The van der Waals surface area contributed by atoms with Crippen molar-refractivity contribution in [1.29, 1.82) is 0 Å². The number of amides is 1. The Kier molecular flexibility index (Phi) is 8.44. The third-order valence-electron chi connectivity index (χ3n) is 6.34. The third-order valence-corrected chi connectivity index (χ3v) is 6.34. The van der Waals surface area contributed by atoms with Crippen LogP contribution in [0.2, 0.25) is 0 Å². The molecule has 0 aliphatic carbocycles. The number of halogens is 1. The quantitative estimate of drug-likeness (QED) is 0.536. The summed E-state index contributed by atoms with van der Waals surface area (Å²) in [5.41, 5.74) is 2.45. The van der Waals surface area contributed by atoms with Crippen molar-refractivity contribution in [2.75, 3.05) is 37.7 Å². The normalized spacial score (nSPS) is 18.8. The molecule has 0 saturated carbocycles. The maximum absolute atomic E-state index is 13.2. The fraction of sp³-hybridized carbons (Fsp3) is 0.462. The summed E-state index contributed by atoms with van der Waals surface area (Å²) in [5.74, 6) is 0.0928. The molecule has 0 bridgehead atoms. The van der Waals surface area contributed by atoms with E-state index in [1.807, 2.05) is 24.0 Å². The molecule has 1 amide bonds. The first-order chi connectivity index (χ1) is 15.9. The Morgan fingerprint density at radius 3 is 2.42 bits per heavy atom. The smallest absolute Gasteiger partial charge is 0.260 e. The van der Waals surface area contributed by atoms with Crippen molar-refractivity contribution in [2.24, 2.45) is 0 Å². The SMILES string of the molecule is CCN(CC)c1ccc(C=O)c(OCC(=O)N2C[C@@H](C)N(Cc3ccc(F)cc3)C[C@@H]2C)c1. The second kappa shape index (κ2) is 11.3. The number of piperazine rings is 1. The summed E-state index contributed by atoms with van der Waals surface area (Å²) in [6.45, 7) is 11.8. The van der Waals surface area contributed by atoms with Gasteiger partial charge in [-0.1, -0.05) is 12.1 Å². The van der Waals surface area contributed by atoms with Crippen LogP contribution in [-0.2, 0) is 11.3 Å². The van der Waals surface area contributed by atoms with Crippen LogP contribution in [0.1, 0.15) is 43.6 Å². The summed E-state index contributed by atoms with van der Waals surface area (Å²) in [5, 5.41) is 0. The lowest BCUT2D eigenvalue weighted by Crippen LogP contribution is -2.58. The number of hydrogen-bond acceptors (Lipinski definition) is 5. The lowest BCUT2D eigenvalue weighted by molar-refractivity contribution is -0.139. The molecule has 6 nitrogen and oxygen atoms in total. The van der Waals surface area contributed by atoms with Gasteiger partial charge in [0.2, 0.25) is 0 Å². The van der Waals surface area contributed by atoms with Crippen molar-refractivity contribution in [1.82, 2.24) is 9.80 Å². The highest BCUT2D eigenvalue weighted by molar-refractivity contribution is 5.82. The molecule has 2 aromatic rings. The average molecular weight is 456 g/mol. The van der Waals surface area contributed by atoms with Gasteiger partial charge >= 0.3 is 0 Å². The number of hydrogen-bond donors (Lipinski definition) is 0. The van der Waals surface area contributed by atoms with Crippen molar-refractivity contribution < 1.29 is 18.7 Å². The molecule has 2 aromatic carbocycles. The van der Waals surface area contributed by atoms with E-state index in [-0.39, 0.29) is 30.4 Å². The number of anilines is 1. The largest absolute Gasteiger partial charge is 0.483 e. The van der Waals surface area contributed by atoms with E-state index in [0.717, 1.165) is 37.2 Å². The molecule has 1 saturated heterocycles. The van der Waals surface area contributed by atoms with Gasteiger partial charge in [0.25, 0.3) is 5.91 Å². The van der Waals surface area contributed by atoms with Gasteiger partial charge in [0, 0.05) is 56.6 Å². The molecule has 0 aromatic heterocycles. The minimum atomic E-state index is -0.240. The average Bonchev–Trinajstić information content (AvgIpc) is 2.82. The molecule has 178 valence electrons. The lowest BCUT2D eigenvalue weighted by atomic mass is 10.1. The number of carbonyl (C=O) groups excluding carboxylic acids is 2. The topological polar surface area (TPSA) is 53.1 Å².